The lowest BCUT2D eigenvalue weighted by molar-refractivity contribution is 0.267. The van der Waals surface area contributed by atoms with E-state index in [1.807, 2.05) is 0 Å². The molecule has 2 rings (SSSR count). The Kier molecular flexibility index (Phi) is 5.86. The molecule has 1 fully saturated rings. The van der Waals surface area contributed by atoms with Crippen molar-refractivity contribution in [2.24, 2.45) is 10.7 Å². The zero-order valence-electron chi connectivity index (χ0n) is 12.5. The minimum Gasteiger partial charge on any atom is -0.370 e. The third-order valence-corrected chi connectivity index (χ3v) is 4.77. The van der Waals surface area contributed by atoms with Crippen molar-refractivity contribution >= 4 is 17.3 Å². The van der Waals surface area contributed by atoms with Crippen LogP contribution < -0.4 is 11.1 Å². The topological polar surface area (TPSA) is 53.6 Å². The maximum absolute atomic E-state index is 5.96. The number of aliphatic imine (C=N–C) groups is 1. The Morgan fingerprint density at radius 1 is 1.65 bits per heavy atom. The van der Waals surface area contributed by atoms with Crippen molar-refractivity contribution in [3.63, 3.8) is 0 Å². The average Bonchev–Trinajstić information content (AvgIpc) is 3.12. The number of hydrogen-bond acceptors (Lipinski definition) is 3. The van der Waals surface area contributed by atoms with Crippen molar-refractivity contribution in [2.45, 2.75) is 38.6 Å². The molecule has 5 heteroatoms. The summed E-state index contributed by atoms with van der Waals surface area (Å²) < 4.78 is 0. The molecular weight excluding hydrogens is 268 g/mol. The molecule has 0 amide bonds. The number of nitrogens with one attached hydrogen (secondary N) is 1. The van der Waals surface area contributed by atoms with Crippen LogP contribution in [-0.2, 0) is 0 Å². The van der Waals surface area contributed by atoms with Gasteiger partial charge in [-0.1, -0.05) is 13.8 Å². The highest BCUT2D eigenvalue weighted by molar-refractivity contribution is 7.07. The minimum atomic E-state index is 0.431. The van der Waals surface area contributed by atoms with Gasteiger partial charge in [-0.25, -0.2) is 0 Å². The van der Waals surface area contributed by atoms with Crippen LogP contribution in [0.3, 0.4) is 0 Å². The fraction of sp³-hybridized carbons (Fsp3) is 0.667. The average molecular weight is 294 g/mol. The molecule has 0 saturated carbocycles. The third-order valence-electron chi connectivity index (χ3n) is 4.07. The van der Waals surface area contributed by atoms with Gasteiger partial charge in [-0.2, -0.15) is 11.3 Å². The van der Waals surface area contributed by atoms with E-state index < -0.39 is 0 Å². The van der Waals surface area contributed by atoms with E-state index in [0.29, 0.717) is 17.9 Å². The zero-order chi connectivity index (χ0) is 14.4. The van der Waals surface area contributed by atoms with E-state index in [-0.39, 0.29) is 0 Å². The van der Waals surface area contributed by atoms with Crippen LogP contribution in [0.15, 0.2) is 21.8 Å². The lowest BCUT2D eigenvalue weighted by atomic mass is 10.1. The third kappa shape index (κ3) is 4.21. The summed E-state index contributed by atoms with van der Waals surface area (Å²) in [6.45, 7) is 8.41. The van der Waals surface area contributed by atoms with E-state index in [2.05, 4.69) is 45.9 Å². The lowest BCUT2D eigenvalue weighted by Gasteiger charge is -2.23. The smallest absolute Gasteiger partial charge is 0.188 e. The summed E-state index contributed by atoms with van der Waals surface area (Å²) >= 11 is 1.73. The second-order valence-electron chi connectivity index (χ2n) is 5.49. The van der Waals surface area contributed by atoms with E-state index in [4.69, 9.17) is 5.73 Å². The lowest BCUT2D eigenvalue weighted by Crippen LogP contribution is -2.42. The van der Waals surface area contributed by atoms with Crippen molar-refractivity contribution in [3.05, 3.63) is 22.4 Å². The summed E-state index contributed by atoms with van der Waals surface area (Å²) in [4.78, 5) is 6.97. The van der Waals surface area contributed by atoms with Crippen molar-refractivity contribution in [1.82, 2.24) is 10.2 Å². The fourth-order valence-corrected chi connectivity index (χ4v) is 3.50. The van der Waals surface area contributed by atoms with Crippen molar-refractivity contribution in [3.8, 4) is 0 Å². The first-order valence-electron chi connectivity index (χ1n) is 7.50. The highest BCUT2D eigenvalue weighted by atomic mass is 32.1. The van der Waals surface area contributed by atoms with Gasteiger partial charge in [0.1, 0.15) is 0 Å². The molecule has 1 aliphatic rings. The maximum Gasteiger partial charge on any atom is 0.188 e. The predicted molar refractivity (Wildman–Crippen MR) is 87.5 cm³/mol. The number of nitrogens with zero attached hydrogens (tertiary/aromatic N) is 2. The van der Waals surface area contributed by atoms with Crippen molar-refractivity contribution < 1.29 is 0 Å². The van der Waals surface area contributed by atoms with Crippen LogP contribution in [0.25, 0.3) is 0 Å². The summed E-state index contributed by atoms with van der Waals surface area (Å²) in [5, 5.41) is 7.57. The molecule has 1 saturated heterocycles. The fourth-order valence-electron chi connectivity index (χ4n) is 2.72. The van der Waals surface area contributed by atoms with Gasteiger partial charge in [0.15, 0.2) is 5.96 Å². The highest BCUT2D eigenvalue weighted by Gasteiger charge is 2.22. The molecule has 20 heavy (non-hydrogen) atoms. The molecule has 2 heterocycles. The van der Waals surface area contributed by atoms with Gasteiger partial charge in [0.2, 0.25) is 0 Å². The molecule has 1 aliphatic heterocycles. The summed E-state index contributed by atoms with van der Waals surface area (Å²) in [5.41, 5.74) is 7.31. The molecule has 1 aromatic rings. The Morgan fingerprint density at radius 3 is 3.20 bits per heavy atom. The normalized spacial score (nSPS) is 22.1. The SMILES string of the molecule is CCN1CCCC1CNC(N)=NCC(C)c1ccsc1. The van der Waals surface area contributed by atoms with Crippen LogP contribution in [0.5, 0.6) is 0 Å². The van der Waals surface area contributed by atoms with Crippen LogP contribution in [0.2, 0.25) is 0 Å². The second-order valence-corrected chi connectivity index (χ2v) is 6.27. The minimum absolute atomic E-state index is 0.431. The Hall–Kier alpha value is -1.07. The summed E-state index contributed by atoms with van der Waals surface area (Å²) in [5.74, 6) is 1.01. The monoisotopic (exact) mass is 294 g/mol. The number of guanidine groups is 1. The molecule has 1 aromatic heterocycles. The van der Waals surface area contributed by atoms with Gasteiger partial charge < -0.3 is 11.1 Å². The van der Waals surface area contributed by atoms with E-state index in [0.717, 1.165) is 19.6 Å². The van der Waals surface area contributed by atoms with Crippen LogP contribution in [-0.4, -0.2) is 43.1 Å². The Bertz CT molecular complexity index is 416. The quantitative estimate of drug-likeness (QED) is 0.625. The van der Waals surface area contributed by atoms with Gasteiger partial charge in [-0.05, 0) is 48.3 Å². The number of thiophene rings is 1. The van der Waals surface area contributed by atoms with Gasteiger partial charge >= 0.3 is 0 Å². The maximum atomic E-state index is 5.96. The molecule has 112 valence electrons. The predicted octanol–water partition coefficient (Wildman–Crippen LogP) is 2.24. The molecular formula is C15H26N4S. The van der Waals surface area contributed by atoms with E-state index in [1.165, 1.54) is 24.9 Å². The van der Waals surface area contributed by atoms with Gasteiger partial charge in [0.25, 0.3) is 0 Å². The van der Waals surface area contributed by atoms with Gasteiger partial charge in [-0.3, -0.25) is 9.89 Å². The van der Waals surface area contributed by atoms with Crippen LogP contribution >= 0.6 is 11.3 Å². The molecule has 2 unspecified atom stereocenters. The Morgan fingerprint density at radius 2 is 2.50 bits per heavy atom. The van der Waals surface area contributed by atoms with Gasteiger partial charge in [0.05, 0.1) is 0 Å². The first kappa shape index (κ1) is 15.3. The Balaban J connectivity index is 1.74. The largest absolute Gasteiger partial charge is 0.370 e. The molecule has 0 bridgehead atoms. The van der Waals surface area contributed by atoms with E-state index >= 15 is 0 Å². The number of likely N-dealkylation sites (tertiary alicyclic amines) is 1. The van der Waals surface area contributed by atoms with Crippen LogP contribution in [0.1, 0.15) is 38.2 Å². The van der Waals surface area contributed by atoms with E-state index in [1.54, 1.807) is 11.3 Å². The Labute approximate surface area is 126 Å². The van der Waals surface area contributed by atoms with Gasteiger partial charge in [-0.15, -0.1) is 0 Å². The summed E-state index contributed by atoms with van der Waals surface area (Å²) in [6, 6.07) is 2.77. The standard InChI is InChI=1S/C15H26N4S/c1-3-19-7-4-5-14(19)10-18-15(16)17-9-12(2)13-6-8-20-11-13/h6,8,11-12,14H,3-5,7,9-10H2,1-2H3,(H3,16,17,18). The zero-order valence-corrected chi connectivity index (χ0v) is 13.3. The number of nitrogens with two attached hydrogens (primary N) is 1. The molecule has 0 radical (unpaired) electrons. The van der Waals surface area contributed by atoms with Crippen LogP contribution in [0, 0.1) is 0 Å². The molecule has 3 N–H and O–H groups in total. The first-order valence-corrected chi connectivity index (χ1v) is 8.45. The molecule has 4 nitrogen and oxygen atoms in total. The van der Waals surface area contributed by atoms with Gasteiger partial charge in [0, 0.05) is 25.0 Å². The van der Waals surface area contributed by atoms with Crippen LogP contribution in [0.4, 0.5) is 0 Å². The van der Waals surface area contributed by atoms with Crippen molar-refractivity contribution in [1.29, 1.82) is 0 Å². The highest BCUT2D eigenvalue weighted by Crippen LogP contribution is 2.18. The van der Waals surface area contributed by atoms with E-state index in [9.17, 15) is 0 Å². The molecule has 0 aliphatic carbocycles. The summed E-state index contributed by atoms with van der Waals surface area (Å²) in [7, 11) is 0. The summed E-state index contributed by atoms with van der Waals surface area (Å²) in [6.07, 6.45) is 2.56. The number of hydrogen-bond donors (Lipinski definition) is 2. The molecule has 2 atom stereocenters. The number of likely N-dealkylation sites (N-methyl/N-ethyl adjacent to an activating group) is 1. The number of rotatable bonds is 6. The molecule has 0 spiro atoms. The molecule has 0 aromatic carbocycles. The van der Waals surface area contributed by atoms with Crippen molar-refractivity contribution in [2.75, 3.05) is 26.2 Å². The first-order chi connectivity index (χ1) is 9.70. The second kappa shape index (κ2) is 7.64.